The Morgan fingerprint density at radius 1 is 1.16 bits per heavy atom. The number of carbonyl (C=O) groups is 1. The van der Waals surface area contributed by atoms with Crippen LogP contribution in [0.4, 0.5) is 0 Å². The molecule has 0 radical (unpaired) electrons. The van der Waals surface area contributed by atoms with Crippen LogP contribution in [-0.4, -0.2) is 24.0 Å². The maximum atomic E-state index is 12.6. The minimum absolute atomic E-state index is 0.165. The number of benzene rings is 2. The Morgan fingerprint density at radius 2 is 1.96 bits per heavy atom. The van der Waals surface area contributed by atoms with Crippen molar-refractivity contribution in [1.82, 2.24) is 10.3 Å². The molecule has 2 aromatic carbocycles. The van der Waals surface area contributed by atoms with Crippen molar-refractivity contribution < 1.29 is 9.53 Å². The first-order chi connectivity index (χ1) is 12.2. The van der Waals surface area contributed by atoms with Crippen LogP contribution in [0.5, 0.6) is 0 Å². The van der Waals surface area contributed by atoms with Crippen LogP contribution in [0, 0.1) is 0 Å². The van der Waals surface area contributed by atoms with Gasteiger partial charge in [-0.2, -0.15) is 0 Å². The smallest absolute Gasteiger partial charge is 0.252 e. The van der Waals surface area contributed by atoms with E-state index >= 15 is 0 Å². The summed E-state index contributed by atoms with van der Waals surface area (Å²) in [5.41, 5.74) is 3.12. The molecule has 1 amide bonds. The molecule has 3 aromatic rings. The predicted molar refractivity (Wildman–Crippen MR) is 95.7 cm³/mol. The molecule has 1 atom stereocenters. The van der Waals surface area contributed by atoms with Crippen molar-refractivity contribution in [3.63, 3.8) is 0 Å². The summed E-state index contributed by atoms with van der Waals surface area (Å²) in [4.78, 5) is 27.2. The van der Waals surface area contributed by atoms with E-state index in [1.54, 1.807) is 6.07 Å². The second kappa shape index (κ2) is 6.53. The number of hydrogen-bond donors (Lipinski definition) is 2. The van der Waals surface area contributed by atoms with Gasteiger partial charge in [0.15, 0.2) is 0 Å². The molecule has 126 valence electrons. The van der Waals surface area contributed by atoms with E-state index in [4.69, 9.17) is 4.74 Å². The molecule has 1 aliphatic rings. The molecule has 1 aromatic heterocycles. The molecular formula is C20H18N2O3. The van der Waals surface area contributed by atoms with Gasteiger partial charge >= 0.3 is 0 Å². The summed E-state index contributed by atoms with van der Waals surface area (Å²) in [6.45, 7) is 1.02. The first kappa shape index (κ1) is 15.6. The van der Waals surface area contributed by atoms with Crippen LogP contribution >= 0.6 is 0 Å². The van der Waals surface area contributed by atoms with Gasteiger partial charge in [0.25, 0.3) is 5.91 Å². The van der Waals surface area contributed by atoms with Crippen molar-refractivity contribution in [1.29, 1.82) is 0 Å². The van der Waals surface area contributed by atoms with E-state index in [2.05, 4.69) is 16.4 Å². The number of nitrogens with one attached hydrogen (secondary N) is 2. The third-order valence-corrected chi connectivity index (χ3v) is 4.54. The lowest BCUT2D eigenvalue weighted by atomic mass is 9.97. The summed E-state index contributed by atoms with van der Waals surface area (Å²) >= 11 is 0. The van der Waals surface area contributed by atoms with E-state index < -0.39 is 0 Å². The van der Waals surface area contributed by atoms with Crippen molar-refractivity contribution in [2.45, 2.75) is 12.5 Å². The second-order valence-electron chi connectivity index (χ2n) is 6.11. The van der Waals surface area contributed by atoms with E-state index in [0.29, 0.717) is 24.2 Å². The van der Waals surface area contributed by atoms with Crippen LogP contribution in [0.25, 0.3) is 10.9 Å². The number of ether oxygens (including phenoxy) is 1. The van der Waals surface area contributed by atoms with Gasteiger partial charge in [0.05, 0.1) is 12.2 Å². The van der Waals surface area contributed by atoms with Gasteiger partial charge in [-0.15, -0.1) is 0 Å². The Bertz CT molecular complexity index is 993. The lowest BCUT2D eigenvalue weighted by molar-refractivity contribution is 0.0412. The first-order valence-corrected chi connectivity index (χ1v) is 8.32. The summed E-state index contributed by atoms with van der Waals surface area (Å²) < 4.78 is 5.82. The zero-order valence-electron chi connectivity index (χ0n) is 13.6. The minimum atomic E-state index is -0.289. The molecule has 1 aliphatic heterocycles. The fraction of sp³-hybridized carbons (Fsp3) is 0.200. The van der Waals surface area contributed by atoms with Gasteiger partial charge in [-0.25, -0.2) is 0 Å². The second-order valence-corrected chi connectivity index (χ2v) is 6.11. The number of H-pyrrole nitrogens is 1. The third kappa shape index (κ3) is 3.06. The highest BCUT2D eigenvalue weighted by Gasteiger charge is 2.21. The molecule has 25 heavy (non-hydrogen) atoms. The Morgan fingerprint density at radius 3 is 2.88 bits per heavy atom. The molecule has 4 rings (SSSR count). The molecule has 1 unspecified atom stereocenters. The van der Waals surface area contributed by atoms with Gasteiger partial charge in [0, 0.05) is 23.5 Å². The highest BCUT2D eigenvalue weighted by molar-refractivity contribution is 6.05. The lowest BCUT2D eigenvalue weighted by Gasteiger charge is -2.26. The third-order valence-electron chi connectivity index (χ3n) is 4.54. The average Bonchev–Trinajstić information content (AvgIpc) is 2.65. The molecule has 2 N–H and O–H groups in total. The van der Waals surface area contributed by atoms with Gasteiger partial charge in [-0.05, 0) is 23.6 Å². The number of carbonyl (C=O) groups excluding carboxylic acids is 1. The Hall–Kier alpha value is -2.92. The number of aromatic nitrogens is 1. The quantitative estimate of drug-likeness (QED) is 0.773. The van der Waals surface area contributed by atoms with Gasteiger partial charge in [-0.3, -0.25) is 9.59 Å². The van der Waals surface area contributed by atoms with Crippen molar-refractivity contribution in [2.24, 2.45) is 0 Å². The SMILES string of the molecule is O=C(NCC1OCCc2ccccc21)c1cc(=O)[nH]c2ccccc12. The lowest BCUT2D eigenvalue weighted by Crippen LogP contribution is -2.32. The molecule has 0 fully saturated rings. The minimum Gasteiger partial charge on any atom is -0.371 e. The molecule has 0 spiro atoms. The number of rotatable bonds is 3. The number of pyridine rings is 1. The van der Waals surface area contributed by atoms with Gasteiger partial charge in [-0.1, -0.05) is 42.5 Å². The van der Waals surface area contributed by atoms with E-state index in [-0.39, 0.29) is 17.6 Å². The van der Waals surface area contributed by atoms with E-state index in [1.807, 2.05) is 36.4 Å². The van der Waals surface area contributed by atoms with E-state index in [0.717, 1.165) is 17.4 Å². The molecule has 0 saturated carbocycles. The summed E-state index contributed by atoms with van der Waals surface area (Å²) in [6, 6.07) is 16.7. The number of para-hydroxylation sites is 1. The Balaban J connectivity index is 1.57. The maximum absolute atomic E-state index is 12.6. The number of hydrogen-bond acceptors (Lipinski definition) is 3. The Labute approximate surface area is 144 Å². The predicted octanol–water partition coefficient (Wildman–Crippen LogP) is 2.57. The molecule has 2 heterocycles. The van der Waals surface area contributed by atoms with Gasteiger partial charge in [0.2, 0.25) is 5.56 Å². The Kier molecular flexibility index (Phi) is 4.07. The van der Waals surface area contributed by atoms with E-state index in [1.165, 1.54) is 11.6 Å². The molecule has 0 saturated heterocycles. The molecule has 0 bridgehead atoms. The van der Waals surface area contributed by atoms with Crippen molar-refractivity contribution >= 4 is 16.8 Å². The summed E-state index contributed by atoms with van der Waals surface area (Å²) in [5.74, 6) is -0.269. The number of fused-ring (bicyclic) bond motifs is 2. The molecule has 5 heteroatoms. The number of amides is 1. The number of aromatic amines is 1. The van der Waals surface area contributed by atoms with Crippen molar-refractivity contribution in [3.8, 4) is 0 Å². The van der Waals surface area contributed by atoms with E-state index in [9.17, 15) is 9.59 Å². The molecule has 0 aliphatic carbocycles. The zero-order chi connectivity index (χ0) is 17.2. The standard InChI is InChI=1S/C20H18N2O3/c23-19-11-16(15-7-3-4-8-17(15)22-19)20(24)21-12-18-14-6-2-1-5-13(14)9-10-25-18/h1-8,11,18H,9-10,12H2,(H,21,24)(H,22,23). The summed E-state index contributed by atoms with van der Waals surface area (Å²) in [5, 5.41) is 3.64. The fourth-order valence-electron chi connectivity index (χ4n) is 3.32. The van der Waals surface area contributed by atoms with Crippen molar-refractivity contribution in [3.05, 3.63) is 81.6 Å². The van der Waals surface area contributed by atoms with Crippen molar-refractivity contribution in [2.75, 3.05) is 13.2 Å². The zero-order valence-corrected chi connectivity index (χ0v) is 13.6. The fourth-order valence-corrected chi connectivity index (χ4v) is 3.32. The summed E-state index contributed by atoms with van der Waals surface area (Å²) in [6.07, 6.45) is 0.724. The van der Waals surface area contributed by atoms with Crippen LogP contribution in [0.15, 0.2) is 59.4 Å². The van der Waals surface area contributed by atoms with Crippen LogP contribution in [0.3, 0.4) is 0 Å². The van der Waals surface area contributed by atoms with Gasteiger partial charge in [0.1, 0.15) is 6.10 Å². The maximum Gasteiger partial charge on any atom is 0.252 e. The summed E-state index contributed by atoms with van der Waals surface area (Å²) in [7, 11) is 0. The van der Waals surface area contributed by atoms with Crippen LogP contribution in [-0.2, 0) is 11.2 Å². The highest BCUT2D eigenvalue weighted by atomic mass is 16.5. The largest absolute Gasteiger partial charge is 0.371 e. The highest BCUT2D eigenvalue weighted by Crippen LogP contribution is 2.26. The first-order valence-electron chi connectivity index (χ1n) is 8.32. The monoisotopic (exact) mass is 334 g/mol. The molecule has 5 nitrogen and oxygen atoms in total. The van der Waals surface area contributed by atoms with Crippen LogP contribution in [0.2, 0.25) is 0 Å². The molecular weight excluding hydrogens is 316 g/mol. The van der Waals surface area contributed by atoms with Crippen LogP contribution in [0.1, 0.15) is 27.6 Å². The average molecular weight is 334 g/mol. The topological polar surface area (TPSA) is 71.2 Å². The van der Waals surface area contributed by atoms with Crippen LogP contribution < -0.4 is 10.9 Å². The normalized spacial score (nSPS) is 16.4. The van der Waals surface area contributed by atoms with Gasteiger partial charge < -0.3 is 15.0 Å².